The number of nitrogens with one attached hydrogen (secondary N) is 1. The Kier molecular flexibility index (Phi) is 5.93. The van der Waals surface area contributed by atoms with Gasteiger partial charge in [-0.3, -0.25) is 0 Å². The molecule has 0 aliphatic carbocycles. The van der Waals surface area contributed by atoms with Gasteiger partial charge < -0.3 is 24.3 Å². The van der Waals surface area contributed by atoms with Gasteiger partial charge in [0.05, 0.1) is 40.8 Å². The van der Waals surface area contributed by atoms with Gasteiger partial charge in [-0.05, 0) is 38.0 Å². The van der Waals surface area contributed by atoms with E-state index in [0.29, 0.717) is 58.9 Å². The Morgan fingerprint density at radius 1 is 1.22 bits per heavy atom. The summed E-state index contributed by atoms with van der Waals surface area (Å²) in [6.45, 7) is 2.89. The Bertz CT molecular complexity index is 1450. The number of rotatable bonds is 6. The first kappa shape index (κ1) is 23.4. The molecule has 3 aromatic rings. The number of fused-ring (bicyclic) bond motifs is 2. The number of hydrogen-bond donors (Lipinski definition) is 1. The molecule has 0 unspecified atom stereocenters. The number of aryl methyl sites for hydroxylation is 1. The molecule has 36 heavy (non-hydrogen) atoms. The molecule has 9 nitrogen and oxygen atoms in total. The maximum atomic E-state index is 14.2. The Hall–Kier alpha value is -3.02. The third-order valence-corrected chi connectivity index (χ3v) is 9.27. The smallest absolute Gasteiger partial charge is 0.151 e. The minimum absolute atomic E-state index is 0.00975. The van der Waals surface area contributed by atoms with Crippen LogP contribution >= 0.6 is 0 Å². The third kappa shape index (κ3) is 4.14. The van der Waals surface area contributed by atoms with Crippen LogP contribution in [0, 0.1) is 12.7 Å². The number of hydrogen-bond acceptors (Lipinski definition) is 9. The molecule has 0 saturated carbocycles. The van der Waals surface area contributed by atoms with E-state index >= 15 is 0 Å². The van der Waals surface area contributed by atoms with Crippen molar-refractivity contribution in [2.45, 2.75) is 38.1 Å². The molecule has 0 spiro atoms. The van der Waals surface area contributed by atoms with E-state index in [4.69, 9.17) is 18.9 Å². The average molecular weight is 515 g/mol. The molecule has 11 heteroatoms. The van der Waals surface area contributed by atoms with Gasteiger partial charge in [0.15, 0.2) is 6.10 Å². The molecule has 3 atom stereocenters. The monoisotopic (exact) mass is 514 g/mol. The first-order valence-corrected chi connectivity index (χ1v) is 13.8. The van der Waals surface area contributed by atoms with Crippen molar-refractivity contribution < 1.29 is 27.5 Å². The number of ether oxygens (including phenoxy) is 4. The zero-order chi connectivity index (χ0) is 24.9. The molecule has 2 aromatic carbocycles. The largest absolute Gasteiger partial charge is 0.494 e. The first-order chi connectivity index (χ1) is 17.4. The number of benzene rings is 2. The highest BCUT2D eigenvalue weighted by atomic mass is 32.2. The Balaban J connectivity index is 1.38. The second-order valence-electron chi connectivity index (χ2n) is 9.21. The molecule has 1 N–H and O–H groups in total. The van der Waals surface area contributed by atoms with Crippen LogP contribution in [0.1, 0.15) is 18.4 Å². The highest BCUT2D eigenvalue weighted by molar-refractivity contribution is 7.95. The number of anilines is 2. The fraction of sp³-hybridized carbons (Fsp3) is 0.440. The summed E-state index contributed by atoms with van der Waals surface area (Å²) in [6.07, 6.45) is 2.69. The van der Waals surface area contributed by atoms with E-state index in [1.54, 1.807) is 19.2 Å². The Labute approximate surface area is 208 Å². The van der Waals surface area contributed by atoms with Crippen LogP contribution in [-0.4, -0.2) is 64.3 Å². The van der Waals surface area contributed by atoms with Crippen molar-refractivity contribution in [2.24, 2.45) is 4.36 Å². The maximum absolute atomic E-state index is 14.2. The molecule has 0 radical (unpaired) electrons. The summed E-state index contributed by atoms with van der Waals surface area (Å²) in [5.74, 6) is 2.14. The van der Waals surface area contributed by atoms with Crippen LogP contribution < -0.4 is 14.8 Å². The fourth-order valence-corrected chi connectivity index (χ4v) is 6.44. The van der Waals surface area contributed by atoms with E-state index in [1.165, 1.54) is 18.5 Å². The van der Waals surface area contributed by atoms with Gasteiger partial charge in [0.25, 0.3) is 0 Å². The fourth-order valence-electron chi connectivity index (χ4n) is 4.98. The minimum Gasteiger partial charge on any atom is -0.494 e. The number of aromatic nitrogens is 2. The van der Waals surface area contributed by atoms with Gasteiger partial charge in [-0.2, -0.15) is 4.36 Å². The van der Waals surface area contributed by atoms with Gasteiger partial charge in [0.2, 0.25) is 0 Å². The molecule has 3 saturated heterocycles. The Morgan fingerprint density at radius 2 is 2.08 bits per heavy atom. The van der Waals surface area contributed by atoms with Gasteiger partial charge >= 0.3 is 0 Å². The quantitative estimate of drug-likeness (QED) is 0.520. The summed E-state index contributed by atoms with van der Waals surface area (Å²) in [6, 6.07) is 6.08. The van der Waals surface area contributed by atoms with E-state index in [-0.39, 0.29) is 18.3 Å². The van der Waals surface area contributed by atoms with Crippen molar-refractivity contribution in [1.82, 2.24) is 9.97 Å². The Morgan fingerprint density at radius 3 is 2.86 bits per heavy atom. The molecular formula is C25H27FN4O5S. The lowest BCUT2D eigenvalue weighted by Crippen LogP contribution is -2.32. The van der Waals surface area contributed by atoms with E-state index in [0.717, 1.165) is 23.8 Å². The lowest BCUT2D eigenvalue weighted by Gasteiger charge is -2.21. The lowest BCUT2D eigenvalue weighted by molar-refractivity contribution is 0.0310. The standard InChI is InChI=1S/C25H27FN4O5S/c1-14-22-17(11-18(23(14)32-2)30-36(31)8-3-9-36)27-13-28-25(22)29-16-5-4-15(26)10-20(16)35-21-12-34-19-6-7-33-24(19)21/h4-5,10-11,13,19,21,24H,3,6-9,12H2,1-2H3,(H,27,28,29)/t19-,21-,24+/m1/s1. The molecule has 4 heterocycles. The zero-order valence-corrected chi connectivity index (χ0v) is 20.8. The van der Waals surface area contributed by atoms with Crippen LogP contribution in [0.25, 0.3) is 10.9 Å². The topological polar surface area (TPSA) is 104 Å². The molecule has 3 aliphatic heterocycles. The highest BCUT2D eigenvalue weighted by Gasteiger charge is 2.43. The number of nitrogens with zero attached hydrogens (tertiary/aromatic N) is 3. The molecule has 0 bridgehead atoms. The molecular weight excluding hydrogens is 487 g/mol. The summed E-state index contributed by atoms with van der Waals surface area (Å²) < 4.78 is 54.9. The average Bonchev–Trinajstić information content (AvgIpc) is 3.45. The van der Waals surface area contributed by atoms with Crippen LogP contribution in [0.15, 0.2) is 35.0 Å². The molecule has 3 fully saturated rings. The van der Waals surface area contributed by atoms with Crippen molar-refractivity contribution in [3.05, 3.63) is 42.0 Å². The van der Waals surface area contributed by atoms with Gasteiger partial charge in [-0.25, -0.2) is 18.6 Å². The normalized spacial score (nSPS) is 24.2. The second-order valence-corrected chi connectivity index (χ2v) is 11.8. The summed E-state index contributed by atoms with van der Waals surface area (Å²) in [4.78, 5) is 8.88. The van der Waals surface area contributed by atoms with Gasteiger partial charge in [0.1, 0.15) is 41.3 Å². The number of methoxy groups -OCH3 is 1. The van der Waals surface area contributed by atoms with Crippen LogP contribution in [0.5, 0.6) is 11.5 Å². The summed E-state index contributed by atoms with van der Waals surface area (Å²) in [7, 11) is -0.672. The van der Waals surface area contributed by atoms with Gasteiger partial charge in [0, 0.05) is 35.1 Å². The maximum Gasteiger partial charge on any atom is 0.151 e. The van der Waals surface area contributed by atoms with Crippen LogP contribution in [0.3, 0.4) is 0 Å². The van der Waals surface area contributed by atoms with E-state index in [2.05, 4.69) is 19.6 Å². The van der Waals surface area contributed by atoms with Gasteiger partial charge in [-0.15, -0.1) is 0 Å². The number of halogens is 1. The summed E-state index contributed by atoms with van der Waals surface area (Å²) >= 11 is 0. The molecule has 190 valence electrons. The zero-order valence-electron chi connectivity index (χ0n) is 20.0. The van der Waals surface area contributed by atoms with Crippen molar-refractivity contribution in [3.8, 4) is 11.5 Å². The molecule has 1 aromatic heterocycles. The van der Waals surface area contributed by atoms with E-state index in [1.807, 2.05) is 6.92 Å². The van der Waals surface area contributed by atoms with Crippen molar-refractivity contribution in [2.75, 3.05) is 37.1 Å². The van der Waals surface area contributed by atoms with Gasteiger partial charge in [-0.1, -0.05) is 0 Å². The van der Waals surface area contributed by atoms with Crippen molar-refractivity contribution in [3.63, 3.8) is 0 Å². The van der Waals surface area contributed by atoms with Crippen LogP contribution in [0.2, 0.25) is 0 Å². The van der Waals surface area contributed by atoms with E-state index < -0.39 is 15.5 Å². The first-order valence-electron chi connectivity index (χ1n) is 12.0. The van der Waals surface area contributed by atoms with Crippen molar-refractivity contribution >= 4 is 37.8 Å². The minimum atomic E-state index is -2.23. The predicted octanol–water partition coefficient (Wildman–Crippen LogP) is 4.27. The third-order valence-electron chi connectivity index (χ3n) is 6.89. The van der Waals surface area contributed by atoms with Crippen LogP contribution in [0.4, 0.5) is 21.6 Å². The summed E-state index contributed by atoms with van der Waals surface area (Å²) in [5, 5.41) is 4.01. The SMILES string of the molecule is COc1c(N=S2(=O)CCC2)cc2ncnc(Nc3ccc(F)cc3O[C@@H]3CO[C@@H]4CCO[C@@H]43)c2c1C. The molecule has 0 amide bonds. The summed E-state index contributed by atoms with van der Waals surface area (Å²) in [5.41, 5.74) is 2.45. The molecule has 3 aliphatic rings. The van der Waals surface area contributed by atoms with Crippen molar-refractivity contribution in [1.29, 1.82) is 0 Å². The lowest BCUT2D eigenvalue weighted by atomic mass is 10.1. The molecule has 6 rings (SSSR count). The van der Waals surface area contributed by atoms with E-state index in [9.17, 15) is 8.60 Å². The predicted molar refractivity (Wildman–Crippen MR) is 134 cm³/mol. The highest BCUT2D eigenvalue weighted by Crippen LogP contribution is 2.41. The van der Waals surface area contributed by atoms with Crippen LogP contribution in [-0.2, 0) is 19.2 Å². The second kappa shape index (κ2) is 9.13.